The molecule has 0 spiro atoms. The van der Waals surface area contributed by atoms with Gasteiger partial charge in [0.15, 0.2) is 0 Å². The largest absolute Gasteiger partial charge is 0.489 e. The summed E-state index contributed by atoms with van der Waals surface area (Å²) in [5.74, 6) is 0.530. The normalized spacial score (nSPS) is 13.4. The number of nitrogens with one attached hydrogen (secondary N) is 2. The molecular formula is C28H32ClN3O4S. The average Bonchev–Trinajstić information content (AvgIpc) is 2.88. The number of nitrogens with zero attached hydrogens (tertiary/aromatic N) is 1. The highest BCUT2D eigenvalue weighted by Gasteiger charge is 2.15. The van der Waals surface area contributed by atoms with Crippen molar-refractivity contribution in [1.29, 1.82) is 0 Å². The van der Waals surface area contributed by atoms with Crippen LogP contribution in [0, 0.1) is 0 Å². The minimum atomic E-state index is -3.24. The number of hydrogen-bond acceptors (Lipinski definition) is 5. The van der Waals surface area contributed by atoms with Gasteiger partial charge in [0.25, 0.3) is 5.56 Å². The monoisotopic (exact) mass is 541 g/mol. The minimum absolute atomic E-state index is 0.128. The number of ether oxygens (including phenoxy) is 1. The van der Waals surface area contributed by atoms with E-state index in [2.05, 4.69) is 34.3 Å². The third-order valence-electron chi connectivity index (χ3n) is 6.25. The number of sulfonamides is 1. The second kappa shape index (κ2) is 12.1. The zero-order valence-corrected chi connectivity index (χ0v) is 22.6. The Hall–Kier alpha value is -2.91. The molecule has 3 aromatic rings. The van der Waals surface area contributed by atoms with E-state index in [9.17, 15) is 13.2 Å². The Morgan fingerprint density at radius 1 is 1.00 bits per heavy atom. The molecule has 0 amide bonds. The third-order valence-corrected chi connectivity index (χ3v) is 8.35. The van der Waals surface area contributed by atoms with Crippen LogP contribution in [0.15, 0.2) is 65.6 Å². The van der Waals surface area contributed by atoms with Crippen molar-refractivity contribution in [1.82, 2.24) is 14.6 Å². The molecule has 1 aliphatic rings. The van der Waals surface area contributed by atoms with Crippen LogP contribution in [-0.4, -0.2) is 31.3 Å². The van der Waals surface area contributed by atoms with Crippen molar-refractivity contribution in [3.05, 3.63) is 98.4 Å². The summed E-state index contributed by atoms with van der Waals surface area (Å²) >= 11 is 5.92. The lowest BCUT2D eigenvalue weighted by atomic mass is 9.93. The number of allylic oxidation sites excluding steroid dienone is 1. The summed E-state index contributed by atoms with van der Waals surface area (Å²) in [4.78, 5) is 12.8. The molecule has 1 aromatic heterocycles. The van der Waals surface area contributed by atoms with E-state index in [-0.39, 0.29) is 5.56 Å². The molecule has 0 fully saturated rings. The smallest absolute Gasteiger partial charge is 0.258 e. The maximum absolute atomic E-state index is 12.8. The molecule has 2 N–H and O–H groups in total. The third kappa shape index (κ3) is 7.32. The number of halogens is 1. The predicted octanol–water partition coefficient (Wildman–Crippen LogP) is 4.44. The van der Waals surface area contributed by atoms with Crippen LogP contribution in [-0.2, 0) is 29.6 Å². The summed E-state index contributed by atoms with van der Waals surface area (Å²) in [7, 11) is -3.24. The van der Waals surface area contributed by atoms with Gasteiger partial charge in [0, 0.05) is 42.6 Å². The fourth-order valence-electron chi connectivity index (χ4n) is 4.05. The van der Waals surface area contributed by atoms with Gasteiger partial charge in [-0.3, -0.25) is 9.36 Å². The Morgan fingerprint density at radius 3 is 2.49 bits per heavy atom. The van der Waals surface area contributed by atoms with Gasteiger partial charge in [0.2, 0.25) is 10.0 Å². The molecule has 0 atom stereocenters. The van der Waals surface area contributed by atoms with Crippen molar-refractivity contribution in [2.24, 2.45) is 0 Å². The summed E-state index contributed by atoms with van der Waals surface area (Å²) in [5, 5.41) is 3.52. The van der Waals surface area contributed by atoms with Crippen LogP contribution in [0.2, 0.25) is 5.02 Å². The Labute approximate surface area is 223 Å². The van der Waals surface area contributed by atoms with Crippen LogP contribution in [0.1, 0.15) is 42.5 Å². The van der Waals surface area contributed by atoms with Gasteiger partial charge in [0.1, 0.15) is 12.4 Å². The van der Waals surface area contributed by atoms with Crippen molar-refractivity contribution < 1.29 is 13.2 Å². The van der Waals surface area contributed by atoms with E-state index in [0.29, 0.717) is 37.0 Å². The Bertz CT molecular complexity index is 1430. The van der Waals surface area contributed by atoms with Gasteiger partial charge in [0.05, 0.1) is 5.25 Å². The quantitative estimate of drug-likeness (QED) is 0.350. The summed E-state index contributed by atoms with van der Waals surface area (Å²) in [5.41, 5.74) is 5.28. The molecule has 1 heterocycles. The van der Waals surface area contributed by atoms with E-state index in [1.165, 1.54) is 11.6 Å². The van der Waals surface area contributed by atoms with Gasteiger partial charge in [-0.2, -0.15) is 0 Å². The first-order valence-electron chi connectivity index (χ1n) is 12.3. The first-order valence-corrected chi connectivity index (χ1v) is 14.3. The molecule has 1 aliphatic carbocycles. The van der Waals surface area contributed by atoms with Crippen molar-refractivity contribution in [2.75, 3.05) is 13.1 Å². The second-order valence-corrected chi connectivity index (χ2v) is 12.1. The molecule has 0 aliphatic heterocycles. The molecule has 0 bridgehead atoms. The van der Waals surface area contributed by atoms with E-state index in [1.807, 2.05) is 30.3 Å². The molecule has 196 valence electrons. The lowest BCUT2D eigenvalue weighted by Gasteiger charge is -2.19. The highest BCUT2D eigenvalue weighted by Crippen LogP contribution is 2.27. The Morgan fingerprint density at radius 2 is 1.76 bits per heavy atom. The number of benzene rings is 2. The predicted molar refractivity (Wildman–Crippen MR) is 149 cm³/mol. The molecular weight excluding hydrogens is 510 g/mol. The SMILES string of the molecule is CC(C)S(=O)(=O)NCCNCc1ccc2c(c1)CCC(n1ccc(OCc3ccc(Cl)cc3)cc1=O)=C2. The van der Waals surface area contributed by atoms with Gasteiger partial charge in [-0.05, 0) is 73.2 Å². The minimum Gasteiger partial charge on any atom is -0.489 e. The summed E-state index contributed by atoms with van der Waals surface area (Å²) in [6, 6.07) is 17.0. The number of aromatic nitrogens is 1. The molecule has 4 rings (SSSR count). The van der Waals surface area contributed by atoms with E-state index in [1.54, 1.807) is 24.6 Å². The Kier molecular flexibility index (Phi) is 8.87. The van der Waals surface area contributed by atoms with Crippen molar-refractivity contribution in [3.63, 3.8) is 0 Å². The van der Waals surface area contributed by atoms with Crippen LogP contribution >= 0.6 is 11.6 Å². The maximum Gasteiger partial charge on any atom is 0.258 e. The molecule has 0 saturated carbocycles. The van der Waals surface area contributed by atoms with Gasteiger partial charge >= 0.3 is 0 Å². The number of pyridine rings is 1. The van der Waals surface area contributed by atoms with Gasteiger partial charge in [-0.1, -0.05) is 41.9 Å². The number of rotatable bonds is 11. The zero-order valence-electron chi connectivity index (χ0n) is 21.0. The first kappa shape index (κ1) is 27.1. The van der Waals surface area contributed by atoms with Gasteiger partial charge in [-0.25, -0.2) is 13.1 Å². The number of fused-ring (bicyclic) bond motifs is 1. The topological polar surface area (TPSA) is 89.4 Å². The number of hydrogen-bond donors (Lipinski definition) is 2. The lowest BCUT2D eigenvalue weighted by Crippen LogP contribution is -2.35. The van der Waals surface area contributed by atoms with E-state index >= 15 is 0 Å². The number of aryl methyl sites for hydroxylation is 1. The first-order chi connectivity index (χ1) is 17.7. The van der Waals surface area contributed by atoms with Crippen LogP contribution in [0.3, 0.4) is 0 Å². The van der Waals surface area contributed by atoms with Crippen LogP contribution < -0.4 is 20.3 Å². The fourth-order valence-corrected chi connectivity index (χ4v) is 4.89. The van der Waals surface area contributed by atoms with E-state index in [0.717, 1.165) is 35.2 Å². The van der Waals surface area contributed by atoms with Crippen LogP contribution in [0.4, 0.5) is 0 Å². The van der Waals surface area contributed by atoms with Gasteiger partial charge < -0.3 is 10.1 Å². The molecule has 0 radical (unpaired) electrons. The van der Waals surface area contributed by atoms with Crippen molar-refractivity contribution in [2.45, 2.75) is 45.1 Å². The maximum atomic E-state index is 12.8. The highest BCUT2D eigenvalue weighted by atomic mass is 35.5. The molecule has 37 heavy (non-hydrogen) atoms. The second-order valence-electron chi connectivity index (χ2n) is 9.32. The van der Waals surface area contributed by atoms with E-state index < -0.39 is 15.3 Å². The molecule has 0 unspecified atom stereocenters. The Balaban J connectivity index is 1.34. The van der Waals surface area contributed by atoms with Crippen molar-refractivity contribution in [3.8, 4) is 5.75 Å². The molecule has 0 saturated heterocycles. The summed E-state index contributed by atoms with van der Waals surface area (Å²) in [6.45, 7) is 5.25. The van der Waals surface area contributed by atoms with Crippen LogP contribution in [0.25, 0.3) is 11.8 Å². The summed E-state index contributed by atoms with van der Waals surface area (Å²) in [6.07, 6.45) is 5.42. The van der Waals surface area contributed by atoms with Gasteiger partial charge in [-0.15, -0.1) is 0 Å². The fraction of sp³-hybridized carbons (Fsp3) is 0.321. The zero-order chi connectivity index (χ0) is 26.4. The average molecular weight is 542 g/mol. The summed E-state index contributed by atoms with van der Waals surface area (Å²) < 4.78 is 33.7. The van der Waals surface area contributed by atoms with E-state index in [4.69, 9.17) is 16.3 Å². The lowest BCUT2D eigenvalue weighted by molar-refractivity contribution is 0.305. The molecule has 2 aromatic carbocycles. The van der Waals surface area contributed by atoms with Crippen LogP contribution in [0.5, 0.6) is 5.75 Å². The highest BCUT2D eigenvalue weighted by molar-refractivity contribution is 7.90. The standard InChI is InChI=1S/C28H32ClN3O4S/c1-20(2)37(34,35)31-13-12-30-18-22-3-6-24-16-26(10-7-23(24)15-22)32-14-11-27(17-28(32)33)36-19-21-4-8-25(29)9-5-21/h3-6,8-9,11,14-17,20,30-31H,7,10,12-13,18-19H2,1-2H3. The molecule has 9 heteroatoms. The van der Waals surface area contributed by atoms with Crippen molar-refractivity contribution >= 4 is 33.4 Å². The molecule has 7 nitrogen and oxygen atoms in total.